The van der Waals surface area contributed by atoms with Crippen LogP contribution in [-0.4, -0.2) is 60.2 Å². The fraction of sp³-hybridized carbons (Fsp3) is 0.316. The summed E-state index contributed by atoms with van der Waals surface area (Å²) in [5.41, 5.74) is -0.391. The lowest BCUT2D eigenvalue weighted by Crippen LogP contribution is -2.29. The van der Waals surface area contributed by atoms with Crippen molar-refractivity contribution in [3.8, 4) is 11.5 Å². The number of nitrogens with zero attached hydrogens (tertiary/aromatic N) is 3. The first kappa shape index (κ1) is 22.2. The molecule has 1 amide bonds. The number of aromatic amines is 1. The Bertz CT molecular complexity index is 1170. The second-order valence-corrected chi connectivity index (χ2v) is 7.34. The van der Waals surface area contributed by atoms with Crippen molar-refractivity contribution in [2.75, 3.05) is 34.5 Å². The van der Waals surface area contributed by atoms with Gasteiger partial charge >= 0.3 is 0 Å². The lowest BCUT2D eigenvalue weighted by molar-refractivity contribution is -0.385. The Morgan fingerprint density at radius 1 is 1.29 bits per heavy atom. The molecule has 3 rings (SSSR count). The van der Waals surface area contributed by atoms with Crippen LogP contribution in [0.4, 0.5) is 5.69 Å². The smallest absolute Gasteiger partial charge is 0.286 e. The molecular formula is C19H20N4O7S. The van der Waals surface area contributed by atoms with Gasteiger partial charge in [0.15, 0.2) is 11.5 Å². The minimum atomic E-state index is -0.665. The second kappa shape index (κ2) is 9.53. The summed E-state index contributed by atoms with van der Waals surface area (Å²) in [5.74, 6) is -0.0774. The van der Waals surface area contributed by atoms with Gasteiger partial charge in [0.2, 0.25) is 0 Å². The van der Waals surface area contributed by atoms with Crippen LogP contribution in [0.2, 0.25) is 0 Å². The summed E-state index contributed by atoms with van der Waals surface area (Å²) >= 11 is 1.27. The fourth-order valence-corrected chi connectivity index (χ4v) is 3.60. The van der Waals surface area contributed by atoms with Crippen molar-refractivity contribution >= 4 is 33.1 Å². The van der Waals surface area contributed by atoms with Gasteiger partial charge < -0.3 is 24.1 Å². The number of benzene rings is 1. The van der Waals surface area contributed by atoms with Crippen LogP contribution >= 0.6 is 11.3 Å². The average Bonchev–Trinajstić information content (AvgIpc) is 3.22. The maximum atomic E-state index is 13.0. The molecule has 1 N–H and O–H groups in total. The Balaban J connectivity index is 1.90. The predicted octanol–water partition coefficient (Wildman–Crippen LogP) is 2.20. The van der Waals surface area contributed by atoms with Gasteiger partial charge in [0.25, 0.3) is 17.2 Å². The molecule has 11 nitrogen and oxygen atoms in total. The fourth-order valence-electron chi connectivity index (χ4n) is 2.88. The number of methoxy groups -OCH3 is 2. The van der Waals surface area contributed by atoms with Gasteiger partial charge in [-0.05, 0) is 11.4 Å². The van der Waals surface area contributed by atoms with Crippen LogP contribution < -0.4 is 15.0 Å². The van der Waals surface area contributed by atoms with E-state index in [1.54, 1.807) is 11.4 Å². The van der Waals surface area contributed by atoms with Crippen LogP contribution in [0, 0.1) is 10.1 Å². The Hall–Kier alpha value is -3.51. The van der Waals surface area contributed by atoms with Gasteiger partial charge in [-0.3, -0.25) is 19.7 Å². The number of nitro benzene ring substituents is 1. The number of aromatic nitrogens is 2. The van der Waals surface area contributed by atoms with Crippen LogP contribution in [-0.2, 0) is 11.3 Å². The van der Waals surface area contributed by atoms with Crippen LogP contribution in [0.5, 0.6) is 11.5 Å². The van der Waals surface area contributed by atoms with Gasteiger partial charge in [0, 0.05) is 20.2 Å². The van der Waals surface area contributed by atoms with Crippen molar-refractivity contribution in [2.24, 2.45) is 0 Å². The zero-order valence-electron chi connectivity index (χ0n) is 17.0. The molecule has 3 aromatic rings. The summed E-state index contributed by atoms with van der Waals surface area (Å²) < 4.78 is 16.1. The number of rotatable bonds is 9. The number of amides is 1. The number of nitro groups is 1. The van der Waals surface area contributed by atoms with E-state index in [0.717, 1.165) is 6.07 Å². The van der Waals surface area contributed by atoms with E-state index >= 15 is 0 Å². The van der Waals surface area contributed by atoms with Gasteiger partial charge in [0.1, 0.15) is 22.7 Å². The van der Waals surface area contributed by atoms with Crippen molar-refractivity contribution in [3.05, 3.63) is 55.4 Å². The molecular weight excluding hydrogens is 428 g/mol. The SMILES string of the molecule is COCCOc1cc([N+](=O)[O-])c(C(=O)N(C)Cc2nc3ccsc3c(=O)[nH]2)cc1OC. The maximum absolute atomic E-state index is 13.0. The van der Waals surface area contributed by atoms with Crippen molar-refractivity contribution in [3.63, 3.8) is 0 Å². The molecule has 2 heterocycles. The van der Waals surface area contributed by atoms with E-state index < -0.39 is 16.5 Å². The van der Waals surface area contributed by atoms with Gasteiger partial charge in [-0.2, -0.15) is 0 Å². The summed E-state index contributed by atoms with van der Waals surface area (Å²) in [7, 11) is 4.32. The van der Waals surface area contributed by atoms with E-state index in [-0.39, 0.29) is 48.2 Å². The van der Waals surface area contributed by atoms with Gasteiger partial charge in [0.05, 0.1) is 36.8 Å². The van der Waals surface area contributed by atoms with Crippen molar-refractivity contribution in [1.82, 2.24) is 14.9 Å². The summed E-state index contributed by atoms with van der Waals surface area (Å²) in [6, 6.07) is 4.11. The highest BCUT2D eigenvalue weighted by molar-refractivity contribution is 7.17. The van der Waals surface area contributed by atoms with Crippen LogP contribution in [0.1, 0.15) is 16.2 Å². The maximum Gasteiger partial charge on any atom is 0.286 e. The number of carbonyl (C=O) groups excluding carboxylic acids is 1. The third-order valence-corrected chi connectivity index (χ3v) is 5.25. The highest BCUT2D eigenvalue weighted by Crippen LogP contribution is 2.35. The lowest BCUT2D eigenvalue weighted by Gasteiger charge is -2.18. The molecule has 0 saturated heterocycles. The predicted molar refractivity (Wildman–Crippen MR) is 113 cm³/mol. The highest BCUT2D eigenvalue weighted by atomic mass is 32.1. The number of fused-ring (bicyclic) bond motifs is 1. The van der Waals surface area contributed by atoms with E-state index in [0.29, 0.717) is 10.2 Å². The zero-order valence-corrected chi connectivity index (χ0v) is 17.9. The average molecular weight is 448 g/mol. The number of hydrogen-bond acceptors (Lipinski definition) is 9. The van der Waals surface area contributed by atoms with Crippen LogP contribution in [0.15, 0.2) is 28.4 Å². The monoisotopic (exact) mass is 448 g/mol. The molecule has 0 unspecified atom stereocenters. The molecule has 0 aliphatic heterocycles. The molecule has 1 aromatic carbocycles. The number of nitrogens with one attached hydrogen (secondary N) is 1. The lowest BCUT2D eigenvalue weighted by atomic mass is 10.1. The topological polar surface area (TPSA) is 137 Å². The normalized spacial score (nSPS) is 10.8. The molecule has 0 bridgehead atoms. The van der Waals surface area contributed by atoms with Gasteiger partial charge in [-0.15, -0.1) is 11.3 Å². The molecule has 0 aliphatic rings. The molecule has 0 aliphatic carbocycles. The van der Waals surface area contributed by atoms with Crippen molar-refractivity contribution in [2.45, 2.75) is 6.54 Å². The molecule has 0 saturated carbocycles. The molecule has 0 fully saturated rings. The van der Waals surface area contributed by atoms with Gasteiger partial charge in [-0.25, -0.2) is 4.98 Å². The quantitative estimate of drug-likeness (QED) is 0.299. The van der Waals surface area contributed by atoms with E-state index in [1.165, 1.54) is 43.6 Å². The molecule has 0 spiro atoms. The molecule has 31 heavy (non-hydrogen) atoms. The first-order chi connectivity index (χ1) is 14.8. The second-order valence-electron chi connectivity index (χ2n) is 6.43. The Morgan fingerprint density at radius 3 is 2.74 bits per heavy atom. The highest BCUT2D eigenvalue weighted by Gasteiger charge is 2.27. The van der Waals surface area contributed by atoms with Crippen LogP contribution in [0.25, 0.3) is 10.2 Å². The largest absolute Gasteiger partial charge is 0.493 e. The van der Waals surface area contributed by atoms with E-state index in [1.807, 2.05) is 0 Å². The summed E-state index contributed by atoms with van der Waals surface area (Å²) in [4.78, 5) is 44.3. The number of thiophene rings is 1. The van der Waals surface area contributed by atoms with Crippen molar-refractivity contribution < 1.29 is 23.9 Å². The number of H-pyrrole nitrogens is 1. The molecule has 12 heteroatoms. The Morgan fingerprint density at radius 2 is 2.06 bits per heavy atom. The Kier molecular flexibility index (Phi) is 6.82. The number of hydrogen-bond donors (Lipinski definition) is 1. The summed E-state index contributed by atoms with van der Waals surface area (Å²) in [5, 5.41) is 13.4. The third kappa shape index (κ3) is 4.81. The van der Waals surface area contributed by atoms with Crippen LogP contribution in [0.3, 0.4) is 0 Å². The first-order valence-corrected chi connectivity index (χ1v) is 9.93. The molecule has 0 atom stereocenters. The van der Waals surface area contributed by atoms with E-state index in [4.69, 9.17) is 14.2 Å². The Labute approximate surface area is 180 Å². The third-order valence-electron chi connectivity index (χ3n) is 4.35. The molecule has 2 aromatic heterocycles. The zero-order chi connectivity index (χ0) is 22.5. The van der Waals surface area contributed by atoms with Gasteiger partial charge in [-0.1, -0.05) is 0 Å². The minimum absolute atomic E-state index is 0.0502. The number of carbonyl (C=O) groups is 1. The summed E-state index contributed by atoms with van der Waals surface area (Å²) in [6.45, 7) is 0.382. The van der Waals surface area contributed by atoms with E-state index in [2.05, 4.69) is 9.97 Å². The first-order valence-electron chi connectivity index (χ1n) is 9.05. The van der Waals surface area contributed by atoms with E-state index in [9.17, 15) is 19.7 Å². The standard InChI is InChI=1S/C19H20N4O7S/c1-22(10-16-20-12-4-7-31-17(12)18(24)21-16)19(25)11-8-14(29-3)15(30-6-5-28-2)9-13(11)23(26)27/h4,7-9H,5-6,10H2,1-3H3,(H,20,21,24). The molecule has 164 valence electrons. The number of ether oxygens (including phenoxy) is 3. The summed E-state index contributed by atoms with van der Waals surface area (Å²) in [6.07, 6.45) is 0. The minimum Gasteiger partial charge on any atom is -0.493 e. The molecule has 0 radical (unpaired) electrons. The van der Waals surface area contributed by atoms with Crippen molar-refractivity contribution in [1.29, 1.82) is 0 Å².